The lowest BCUT2D eigenvalue weighted by atomic mass is 9.96. The van der Waals surface area contributed by atoms with Crippen molar-refractivity contribution >= 4 is 28.8 Å². The van der Waals surface area contributed by atoms with E-state index in [1.807, 2.05) is 31.2 Å². The number of piperidine rings is 1. The molecule has 3 rings (SSSR count). The molecule has 1 fully saturated rings. The van der Waals surface area contributed by atoms with Crippen molar-refractivity contribution in [1.29, 1.82) is 0 Å². The molecular formula is C18H20N2O3. The summed E-state index contributed by atoms with van der Waals surface area (Å²) in [7, 11) is 0. The van der Waals surface area contributed by atoms with Crippen LogP contribution in [0.3, 0.4) is 0 Å². The van der Waals surface area contributed by atoms with E-state index in [0.29, 0.717) is 24.2 Å². The molecule has 0 spiro atoms. The van der Waals surface area contributed by atoms with Gasteiger partial charge in [-0.25, -0.2) is 0 Å². The Bertz CT molecular complexity index is 729. The molecule has 0 amide bonds. The number of fused-ring (bicyclic) bond motifs is 1. The lowest BCUT2D eigenvalue weighted by Crippen LogP contribution is -2.39. The molecule has 0 N–H and O–H groups in total. The molecule has 1 saturated heterocycles. The van der Waals surface area contributed by atoms with Crippen LogP contribution in [0.5, 0.6) is 0 Å². The first-order valence-corrected chi connectivity index (χ1v) is 7.99. The van der Waals surface area contributed by atoms with Gasteiger partial charge in [0.2, 0.25) is 0 Å². The molecule has 2 aromatic rings. The summed E-state index contributed by atoms with van der Waals surface area (Å²) in [5.41, 5.74) is 2.14. The molecular weight excluding hydrogens is 292 g/mol. The molecule has 1 aliphatic heterocycles. The highest BCUT2D eigenvalue weighted by Crippen LogP contribution is 2.30. The normalized spacial score (nSPS) is 18.0. The number of aromatic nitrogens is 1. The number of nitrogens with zero attached hydrogens (tertiary/aromatic N) is 2. The maximum absolute atomic E-state index is 12.0. The van der Waals surface area contributed by atoms with Gasteiger partial charge in [0.05, 0.1) is 23.6 Å². The molecule has 23 heavy (non-hydrogen) atoms. The van der Waals surface area contributed by atoms with Crippen LogP contribution in [0.4, 0.5) is 5.69 Å². The van der Waals surface area contributed by atoms with E-state index in [-0.39, 0.29) is 11.9 Å². The first kappa shape index (κ1) is 15.5. The van der Waals surface area contributed by atoms with Gasteiger partial charge in [-0.3, -0.25) is 14.6 Å². The number of rotatable bonds is 4. The quantitative estimate of drug-likeness (QED) is 0.642. The Hall–Kier alpha value is -2.43. The van der Waals surface area contributed by atoms with Crippen molar-refractivity contribution in [2.45, 2.75) is 19.8 Å². The van der Waals surface area contributed by atoms with Crippen molar-refractivity contribution in [2.75, 3.05) is 24.6 Å². The number of pyridine rings is 1. The van der Waals surface area contributed by atoms with Crippen molar-refractivity contribution in [1.82, 2.24) is 4.98 Å². The van der Waals surface area contributed by atoms with Crippen molar-refractivity contribution in [3.05, 3.63) is 36.0 Å². The van der Waals surface area contributed by atoms with Crippen LogP contribution >= 0.6 is 0 Å². The molecule has 1 aromatic heterocycles. The zero-order chi connectivity index (χ0) is 16.2. The Kier molecular flexibility index (Phi) is 4.55. The lowest BCUT2D eigenvalue weighted by Gasteiger charge is -2.34. The average Bonchev–Trinajstić information content (AvgIpc) is 2.61. The van der Waals surface area contributed by atoms with E-state index in [1.165, 1.54) is 0 Å². The molecule has 5 nitrogen and oxygen atoms in total. The Labute approximate surface area is 135 Å². The average molecular weight is 312 g/mol. The van der Waals surface area contributed by atoms with Gasteiger partial charge in [-0.15, -0.1) is 0 Å². The van der Waals surface area contributed by atoms with E-state index in [2.05, 4.69) is 9.88 Å². The van der Waals surface area contributed by atoms with Crippen molar-refractivity contribution < 1.29 is 14.3 Å². The minimum absolute atomic E-state index is 0.136. The molecule has 0 saturated carbocycles. The lowest BCUT2D eigenvalue weighted by molar-refractivity contribution is -0.148. The standard InChI is InChI=1S/C18H20N2O3/c1-2-23-18(22)14-6-4-10-20(11-14)16-8-7-13-5-3-9-19-17(13)15(16)12-21/h3,5,7-9,12,14H,2,4,6,10-11H2,1H3. The van der Waals surface area contributed by atoms with Crippen LogP contribution in [0.2, 0.25) is 0 Å². The van der Waals surface area contributed by atoms with Crippen LogP contribution in [0.15, 0.2) is 30.5 Å². The third-order valence-electron chi connectivity index (χ3n) is 4.29. The second-order valence-electron chi connectivity index (χ2n) is 5.73. The van der Waals surface area contributed by atoms with Gasteiger partial charge < -0.3 is 9.64 Å². The van der Waals surface area contributed by atoms with Crippen LogP contribution in [0.1, 0.15) is 30.1 Å². The predicted octanol–water partition coefficient (Wildman–Crippen LogP) is 2.83. The predicted molar refractivity (Wildman–Crippen MR) is 88.7 cm³/mol. The number of carbonyl (C=O) groups excluding carboxylic acids is 2. The van der Waals surface area contributed by atoms with Crippen LogP contribution in [0.25, 0.3) is 10.9 Å². The first-order valence-electron chi connectivity index (χ1n) is 7.99. The van der Waals surface area contributed by atoms with E-state index in [1.54, 1.807) is 6.20 Å². The Morgan fingerprint density at radius 2 is 2.30 bits per heavy atom. The SMILES string of the molecule is CCOC(=O)C1CCCN(c2ccc3cccnc3c2C=O)C1. The molecule has 0 aliphatic carbocycles. The number of hydrogen-bond acceptors (Lipinski definition) is 5. The number of anilines is 1. The second-order valence-corrected chi connectivity index (χ2v) is 5.73. The third kappa shape index (κ3) is 3.04. The van der Waals surface area contributed by atoms with E-state index < -0.39 is 0 Å². The molecule has 0 bridgehead atoms. The highest BCUT2D eigenvalue weighted by Gasteiger charge is 2.28. The van der Waals surface area contributed by atoms with Gasteiger partial charge in [-0.1, -0.05) is 12.1 Å². The largest absolute Gasteiger partial charge is 0.466 e. The van der Waals surface area contributed by atoms with Gasteiger partial charge in [0.1, 0.15) is 0 Å². The van der Waals surface area contributed by atoms with Gasteiger partial charge in [-0.05, 0) is 31.9 Å². The van der Waals surface area contributed by atoms with Crippen LogP contribution in [0, 0.1) is 5.92 Å². The fourth-order valence-corrected chi connectivity index (χ4v) is 3.20. The number of ether oxygens (including phenoxy) is 1. The zero-order valence-corrected chi connectivity index (χ0v) is 13.2. The summed E-state index contributed by atoms with van der Waals surface area (Å²) >= 11 is 0. The summed E-state index contributed by atoms with van der Waals surface area (Å²) < 4.78 is 5.14. The molecule has 120 valence electrons. The highest BCUT2D eigenvalue weighted by molar-refractivity contribution is 6.01. The number of esters is 1. The maximum atomic E-state index is 12.0. The molecule has 2 heterocycles. The Balaban J connectivity index is 1.93. The van der Waals surface area contributed by atoms with Gasteiger partial charge in [0.25, 0.3) is 0 Å². The summed E-state index contributed by atoms with van der Waals surface area (Å²) in [5, 5.41) is 0.942. The van der Waals surface area contributed by atoms with E-state index in [4.69, 9.17) is 4.74 Å². The summed E-state index contributed by atoms with van der Waals surface area (Å²) in [4.78, 5) is 30.1. The smallest absolute Gasteiger partial charge is 0.310 e. The van der Waals surface area contributed by atoms with Crippen molar-refractivity contribution in [3.63, 3.8) is 0 Å². The molecule has 5 heteroatoms. The first-order chi connectivity index (χ1) is 11.2. The van der Waals surface area contributed by atoms with Crippen LogP contribution in [-0.4, -0.2) is 36.9 Å². The minimum atomic E-state index is -0.149. The summed E-state index contributed by atoms with van der Waals surface area (Å²) in [6.45, 7) is 3.62. The number of carbonyl (C=O) groups is 2. The number of aldehydes is 1. The molecule has 1 unspecified atom stereocenters. The fraction of sp³-hybridized carbons (Fsp3) is 0.389. The van der Waals surface area contributed by atoms with Crippen molar-refractivity contribution in [3.8, 4) is 0 Å². The molecule has 1 aromatic carbocycles. The van der Waals surface area contributed by atoms with Gasteiger partial charge in [0.15, 0.2) is 6.29 Å². The van der Waals surface area contributed by atoms with Gasteiger partial charge in [0, 0.05) is 30.4 Å². The van der Waals surface area contributed by atoms with E-state index in [9.17, 15) is 9.59 Å². The van der Waals surface area contributed by atoms with Crippen LogP contribution < -0.4 is 4.90 Å². The van der Waals surface area contributed by atoms with E-state index >= 15 is 0 Å². The Morgan fingerprint density at radius 3 is 3.09 bits per heavy atom. The van der Waals surface area contributed by atoms with Gasteiger partial charge >= 0.3 is 5.97 Å². The molecule has 1 atom stereocenters. The maximum Gasteiger partial charge on any atom is 0.310 e. The zero-order valence-electron chi connectivity index (χ0n) is 13.2. The minimum Gasteiger partial charge on any atom is -0.466 e. The summed E-state index contributed by atoms with van der Waals surface area (Å²) in [6.07, 6.45) is 4.29. The van der Waals surface area contributed by atoms with Crippen LogP contribution in [-0.2, 0) is 9.53 Å². The second kappa shape index (κ2) is 6.77. The summed E-state index contributed by atoms with van der Waals surface area (Å²) in [5.74, 6) is -0.286. The Morgan fingerprint density at radius 1 is 1.43 bits per heavy atom. The molecule has 1 aliphatic rings. The highest BCUT2D eigenvalue weighted by atomic mass is 16.5. The third-order valence-corrected chi connectivity index (χ3v) is 4.29. The number of benzene rings is 1. The van der Waals surface area contributed by atoms with Crippen molar-refractivity contribution in [2.24, 2.45) is 5.92 Å². The van der Waals surface area contributed by atoms with E-state index in [0.717, 1.165) is 36.7 Å². The monoisotopic (exact) mass is 312 g/mol. The van der Waals surface area contributed by atoms with Gasteiger partial charge in [-0.2, -0.15) is 0 Å². The number of hydrogen-bond donors (Lipinski definition) is 0. The summed E-state index contributed by atoms with van der Waals surface area (Å²) in [6, 6.07) is 7.71. The topological polar surface area (TPSA) is 59.5 Å². The molecule has 0 radical (unpaired) electrons. The fourth-order valence-electron chi connectivity index (χ4n) is 3.20.